The molecule has 0 saturated carbocycles. The first-order chi connectivity index (χ1) is 16.1. The van der Waals surface area contributed by atoms with Crippen LogP contribution < -0.4 is 9.47 Å². The molecule has 0 unspecified atom stereocenters. The number of para-hydroxylation sites is 2. The van der Waals surface area contributed by atoms with Gasteiger partial charge in [0.15, 0.2) is 0 Å². The Labute approximate surface area is 193 Å². The molecular formula is C27H27N3O3. The van der Waals surface area contributed by atoms with Crippen LogP contribution in [0.1, 0.15) is 24.3 Å². The van der Waals surface area contributed by atoms with E-state index in [4.69, 9.17) is 9.47 Å². The van der Waals surface area contributed by atoms with Crippen LogP contribution in [-0.4, -0.2) is 47.1 Å². The van der Waals surface area contributed by atoms with E-state index in [-0.39, 0.29) is 12.5 Å². The van der Waals surface area contributed by atoms with Gasteiger partial charge in [-0.2, -0.15) is 0 Å². The third-order valence-corrected chi connectivity index (χ3v) is 5.41. The van der Waals surface area contributed by atoms with Crippen LogP contribution in [0.25, 0.3) is 21.8 Å². The molecule has 6 heteroatoms. The maximum atomic E-state index is 12.7. The Kier molecular flexibility index (Phi) is 6.83. The molecular weight excluding hydrogens is 414 g/mol. The predicted molar refractivity (Wildman–Crippen MR) is 131 cm³/mol. The molecule has 0 saturated heterocycles. The predicted octanol–water partition coefficient (Wildman–Crippen LogP) is 5.28. The van der Waals surface area contributed by atoms with E-state index in [9.17, 15) is 4.79 Å². The summed E-state index contributed by atoms with van der Waals surface area (Å²) in [4.78, 5) is 23.5. The smallest absolute Gasteiger partial charge is 0.272 e. The average molecular weight is 442 g/mol. The summed E-state index contributed by atoms with van der Waals surface area (Å²) >= 11 is 0. The number of pyridine rings is 2. The Balaban J connectivity index is 1.45. The first-order valence-electron chi connectivity index (χ1n) is 11.1. The first kappa shape index (κ1) is 22.3. The van der Waals surface area contributed by atoms with Gasteiger partial charge in [-0.15, -0.1) is 0 Å². The van der Waals surface area contributed by atoms with Gasteiger partial charge in [0.25, 0.3) is 5.91 Å². The number of nitrogens with zero attached hydrogens (tertiary/aromatic N) is 3. The van der Waals surface area contributed by atoms with Gasteiger partial charge in [-0.3, -0.25) is 9.78 Å². The van der Waals surface area contributed by atoms with Gasteiger partial charge in [0.2, 0.25) is 0 Å². The van der Waals surface area contributed by atoms with Crippen LogP contribution in [0, 0.1) is 0 Å². The van der Waals surface area contributed by atoms with E-state index >= 15 is 0 Å². The Morgan fingerprint density at radius 3 is 2.12 bits per heavy atom. The zero-order chi connectivity index (χ0) is 23.2. The second-order valence-corrected chi connectivity index (χ2v) is 7.66. The van der Waals surface area contributed by atoms with Crippen LogP contribution in [0.5, 0.6) is 11.5 Å². The van der Waals surface area contributed by atoms with Crippen molar-refractivity contribution in [2.24, 2.45) is 0 Å². The van der Waals surface area contributed by atoms with Crippen molar-refractivity contribution in [1.29, 1.82) is 0 Å². The molecule has 0 fully saturated rings. The molecule has 0 aliphatic carbocycles. The second kappa shape index (κ2) is 10.1. The summed E-state index contributed by atoms with van der Waals surface area (Å²) in [6.07, 6.45) is 1.75. The molecule has 0 bridgehead atoms. The Hall–Kier alpha value is -3.93. The topological polar surface area (TPSA) is 64.6 Å². The molecule has 6 nitrogen and oxygen atoms in total. The number of carbonyl (C=O) groups excluding carboxylic acids is 1. The molecule has 0 N–H and O–H groups in total. The van der Waals surface area contributed by atoms with Crippen molar-refractivity contribution in [3.8, 4) is 11.5 Å². The minimum atomic E-state index is -0.0850. The number of hydrogen-bond acceptors (Lipinski definition) is 5. The molecule has 4 aromatic rings. The van der Waals surface area contributed by atoms with Crippen molar-refractivity contribution >= 4 is 27.7 Å². The molecule has 2 heterocycles. The summed E-state index contributed by atoms with van der Waals surface area (Å²) < 4.78 is 12.0. The van der Waals surface area contributed by atoms with Crippen LogP contribution >= 0.6 is 0 Å². The van der Waals surface area contributed by atoms with Crippen LogP contribution in [0.4, 0.5) is 0 Å². The van der Waals surface area contributed by atoms with Crippen LogP contribution in [-0.2, 0) is 0 Å². The largest absolute Gasteiger partial charge is 0.487 e. The summed E-state index contributed by atoms with van der Waals surface area (Å²) in [5, 5.41) is 1.93. The van der Waals surface area contributed by atoms with Crippen LogP contribution in [0.2, 0.25) is 0 Å². The molecule has 4 rings (SSSR count). The van der Waals surface area contributed by atoms with Gasteiger partial charge in [-0.05, 0) is 43.7 Å². The highest BCUT2D eigenvalue weighted by Gasteiger charge is 2.15. The fourth-order valence-electron chi connectivity index (χ4n) is 3.62. The third-order valence-electron chi connectivity index (χ3n) is 5.41. The molecule has 0 aliphatic rings. The fourth-order valence-corrected chi connectivity index (χ4v) is 3.62. The SMILES string of the molecule is C=C(COc1cccc2cccnc12)COc1cccc2ccc(C(=O)N(CC)CC)nc12. The van der Waals surface area contributed by atoms with Gasteiger partial charge in [0.05, 0.1) is 0 Å². The van der Waals surface area contributed by atoms with E-state index < -0.39 is 0 Å². The number of benzene rings is 2. The van der Waals surface area contributed by atoms with Crippen molar-refractivity contribution in [2.45, 2.75) is 13.8 Å². The average Bonchev–Trinajstić information content (AvgIpc) is 2.86. The lowest BCUT2D eigenvalue weighted by Crippen LogP contribution is -2.31. The summed E-state index contributed by atoms with van der Waals surface area (Å²) in [6, 6.07) is 19.1. The molecule has 2 aromatic carbocycles. The van der Waals surface area contributed by atoms with E-state index in [1.807, 2.05) is 68.4 Å². The van der Waals surface area contributed by atoms with E-state index in [0.717, 1.165) is 21.9 Å². The van der Waals surface area contributed by atoms with Crippen molar-refractivity contribution < 1.29 is 14.3 Å². The molecule has 0 atom stereocenters. The lowest BCUT2D eigenvalue weighted by Gasteiger charge is -2.18. The number of hydrogen-bond donors (Lipinski definition) is 0. The number of ether oxygens (including phenoxy) is 2. The molecule has 0 spiro atoms. The van der Waals surface area contributed by atoms with Gasteiger partial charge in [0, 0.05) is 30.1 Å². The maximum absolute atomic E-state index is 12.7. The Morgan fingerprint density at radius 2 is 1.45 bits per heavy atom. The molecule has 0 aliphatic heterocycles. The van der Waals surface area contributed by atoms with E-state index in [0.29, 0.717) is 42.4 Å². The maximum Gasteiger partial charge on any atom is 0.272 e. The van der Waals surface area contributed by atoms with E-state index in [1.54, 1.807) is 17.2 Å². The van der Waals surface area contributed by atoms with E-state index in [2.05, 4.69) is 16.5 Å². The van der Waals surface area contributed by atoms with Gasteiger partial charge in [-0.1, -0.05) is 43.0 Å². The van der Waals surface area contributed by atoms with Crippen LogP contribution in [0.15, 0.2) is 79.0 Å². The lowest BCUT2D eigenvalue weighted by molar-refractivity contribution is 0.0767. The Morgan fingerprint density at radius 1 is 0.848 bits per heavy atom. The summed E-state index contributed by atoms with van der Waals surface area (Å²) in [5.74, 6) is 1.23. The fraction of sp³-hybridized carbons (Fsp3) is 0.222. The Bertz CT molecular complexity index is 1290. The minimum absolute atomic E-state index is 0.0850. The lowest BCUT2D eigenvalue weighted by atomic mass is 10.1. The zero-order valence-electron chi connectivity index (χ0n) is 19.0. The standard InChI is InChI=1S/C27H27N3O3/c1-4-30(5-2)27(31)22-15-14-21-10-7-13-24(26(21)29-22)33-18-19(3)17-32-23-12-6-9-20-11-8-16-28-25(20)23/h6-16H,3-5,17-18H2,1-2H3. The summed E-state index contributed by atoms with van der Waals surface area (Å²) in [7, 11) is 0. The normalized spacial score (nSPS) is 10.8. The molecule has 33 heavy (non-hydrogen) atoms. The number of carbonyl (C=O) groups is 1. The van der Waals surface area contributed by atoms with Crippen molar-refractivity contribution in [1.82, 2.24) is 14.9 Å². The van der Waals surface area contributed by atoms with Gasteiger partial charge in [-0.25, -0.2) is 4.98 Å². The van der Waals surface area contributed by atoms with Crippen molar-refractivity contribution in [2.75, 3.05) is 26.3 Å². The first-order valence-corrected chi connectivity index (χ1v) is 11.1. The molecule has 2 aromatic heterocycles. The third kappa shape index (κ3) is 4.95. The highest BCUT2D eigenvalue weighted by molar-refractivity contribution is 5.96. The number of rotatable bonds is 9. The highest BCUT2D eigenvalue weighted by Crippen LogP contribution is 2.26. The van der Waals surface area contributed by atoms with Crippen molar-refractivity contribution in [3.05, 3.63) is 84.7 Å². The molecule has 168 valence electrons. The number of fused-ring (bicyclic) bond motifs is 2. The molecule has 0 radical (unpaired) electrons. The van der Waals surface area contributed by atoms with Crippen LogP contribution in [0.3, 0.4) is 0 Å². The van der Waals surface area contributed by atoms with Gasteiger partial charge in [0.1, 0.15) is 41.4 Å². The number of aromatic nitrogens is 2. The van der Waals surface area contributed by atoms with Crippen molar-refractivity contribution in [3.63, 3.8) is 0 Å². The highest BCUT2D eigenvalue weighted by atomic mass is 16.5. The van der Waals surface area contributed by atoms with E-state index in [1.165, 1.54) is 0 Å². The quantitative estimate of drug-likeness (QED) is 0.331. The monoisotopic (exact) mass is 441 g/mol. The second-order valence-electron chi connectivity index (χ2n) is 7.66. The summed E-state index contributed by atoms with van der Waals surface area (Å²) in [5.41, 5.74) is 2.66. The minimum Gasteiger partial charge on any atom is -0.487 e. The van der Waals surface area contributed by atoms with Gasteiger partial charge < -0.3 is 14.4 Å². The molecule has 1 amide bonds. The number of amides is 1. The van der Waals surface area contributed by atoms with Gasteiger partial charge >= 0.3 is 0 Å². The summed E-state index contributed by atoms with van der Waals surface area (Å²) in [6.45, 7) is 9.85. The zero-order valence-corrected chi connectivity index (χ0v) is 19.0.